The molecule has 0 aliphatic carbocycles. The van der Waals surface area contributed by atoms with Gasteiger partial charge in [0, 0.05) is 25.2 Å². The van der Waals surface area contributed by atoms with Gasteiger partial charge in [-0.15, -0.1) is 0 Å². The number of likely N-dealkylation sites (tertiary alicyclic amines) is 1. The van der Waals surface area contributed by atoms with Gasteiger partial charge in [0.25, 0.3) is 0 Å². The summed E-state index contributed by atoms with van der Waals surface area (Å²) >= 11 is 0. The Morgan fingerprint density at radius 2 is 2.30 bits per heavy atom. The Balaban J connectivity index is 1.86. The van der Waals surface area contributed by atoms with E-state index in [1.54, 1.807) is 6.07 Å². The van der Waals surface area contributed by atoms with E-state index in [4.69, 9.17) is 5.73 Å². The van der Waals surface area contributed by atoms with Crippen molar-refractivity contribution in [1.29, 1.82) is 0 Å². The first kappa shape index (κ1) is 15.4. The number of nitrogens with zero attached hydrogens (tertiary/aromatic N) is 2. The number of rotatable bonds is 6. The fourth-order valence-corrected chi connectivity index (χ4v) is 3.13. The molecule has 2 N–H and O–H groups in total. The zero-order valence-electron chi connectivity index (χ0n) is 12.6. The van der Waals surface area contributed by atoms with E-state index in [1.165, 1.54) is 31.5 Å². The van der Waals surface area contributed by atoms with Crippen LogP contribution >= 0.6 is 0 Å². The predicted molar refractivity (Wildman–Crippen MR) is 81.1 cm³/mol. The van der Waals surface area contributed by atoms with Gasteiger partial charge in [-0.3, -0.25) is 4.90 Å². The van der Waals surface area contributed by atoms with E-state index >= 15 is 0 Å². The second-order valence-corrected chi connectivity index (χ2v) is 5.81. The van der Waals surface area contributed by atoms with Crippen molar-refractivity contribution >= 4 is 0 Å². The minimum Gasteiger partial charge on any atom is -0.323 e. The summed E-state index contributed by atoms with van der Waals surface area (Å²) in [5.74, 6) is -0.214. The molecule has 1 fully saturated rings. The predicted octanol–water partition coefficient (Wildman–Crippen LogP) is 2.24. The molecule has 1 heterocycles. The van der Waals surface area contributed by atoms with Gasteiger partial charge in [0.15, 0.2) is 0 Å². The Hall–Kier alpha value is -0.970. The highest BCUT2D eigenvalue weighted by molar-refractivity contribution is 5.20. The molecule has 0 amide bonds. The van der Waals surface area contributed by atoms with Crippen LogP contribution in [-0.4, -0.2) is 49.1 Å². The van der Waals surface area contributed by atoms with E-state index in [9.17, 15) is 4.39 Å². The number of hydrogen-bond donors (Lipinski definition) is 1. The van der Waals surface area contributed by atoms with Gasteiger partial charge in [-0.1, -0.05) is 19.1 Å². The van der Waals surface area contributed by atoms with Crippen LogP contribution in [-0.2, 0) is 0 Å². The molecule has 0 spiro atoms. The van der Waals surface area contributed by atoms with Crippen molar-refractivity contribution in [2.24, 2.45) is 5.73 Å². The number of halogens is 1. The Morgan fingerprint density at radius 1 is 1.50 bits per heavy atom. The fraction of sp³-hybridized carbons (Fsp3) is 0.625. The van der Waals surface area contributed by atoms with Crippen LogP contribution in [0.3, 0.4) is 0 Å². The van der Waals surface area contributed by atoms with Crippen LogP contribution in [0, 0.1) is 5.82 Å². The summed E-state index contributed by atoms with van der Waals surface area (Å²) in [5, 5.41) is 0. The first-order chi connectivity index (χ1) is 9.60. The zero-order valence-corrected chi connectivity index (χ0v) is 12.6. The van der Waals surface area contributed by atoms with Gasteiger partial charge in [0.05, 0.1) is 0 Å². The Kier molecular flexibility index (Phi) is 5.52. The summed E-state index contributed by atoms with van der Waals surface area (Å²) in [4.78, 5) is 4.80. The Labute approximate surface area is 121 Å². The van der Waals surface area contributed by atoms with Crippen molar-refractivity contribution in [3.05, 3.63) is 35.6 Å². The number of hydrogen-bond acceptors (Lipinski definition) is 3. The molecule has 0 bridgehead atoms. The Morgan fingerprint density at radius 3 is 3.00 bits per heavy atom. The van der Waals surface area contributed by atoms with Crippen molar-refractivity contribution in [3.63, 3.8) is 0 Å². The van der Waals surface area contributed by atoms with Crippen LogP contribution in [0.5, 0.6) is 0 Å². The van der Waals surface area contributed by atoms with Crippen LogP contribution in [0.1, 0.15) is 31.4 Å². The van der Waals surface area contributed by atoms with E-state index in [-0.39, 0.29) is 11.9 Å². The van der Waals surface area contributed by atoms with E-state index < -0.39 is 0 Å². The van der Waals surface area contributed by atoms with Crippen molar-refractivity contribution in [1.82, 2.24) is 9.80 Å². The lowest BCUT2D eigenvalue weighted by Crippen LogP contribution is -2.41. The van der Waals surface area contributed by atoms with Gasteiger partial charge in [-0.05, 0) is 50.7 Å². The van der Waals surface area contributed by atoms with E-state index in [0.717, 1.165) is 25.2 Å². The number of nitrogens with two attached hydrogens (primary N) is 1. The highest BCUT2D eigenvalue weighted by Crippen LogP contribution is 2.18. The molecule has 1 aromatic carbocycles. The zero-order chi connectivity index (χ0) is 14.5. The first-order valence-electron chi connectivity index (χ1n) is 7.53. The third kappa shape index (κ3) is 4.01. The molecule has 1 aliphatic rings. The highest BCUT2D eigenvalue weighted by atomic mass is 19.1. The monoisotopic (exact) mass is 279 g/mol. The molecular formula is C16H26FN3. The fourth-order valence-electron chi connectivity index (χ4n) is 3.13. The van der Waals surface area contributed by atoms with Crippen LogP contribution in [0.2, 0.25) is 0 Å². The molecule has 112 valence electrons. The maximum atomic E-state index is 13.2. The summed E-state index contributed by atoms with van der Waals surface area (Å²) in [6.45, 7) is 6.35. The molecule has 4 heteroatoms. The van der Waals surface area contributed by atoms with Crippen LogP contribution in [0.4, 0.5) is 4.39 Å². The summed E-state index contributed by atoms with van der Waals surface area (Å²) < 4.78 is 13.2. The van der Waals surface area contributed by atoms with Gasteiger partial charge in [0.2, 0.25) is 0 Å². The molecule has 1 aliphatic heterocycles. The molecule has 1 saturated heterocycles. The molecule has 1 aromatic rings. The molecule has 0 saturated carbocycles. The quantitative estimate of drug-likeness (QED) is 0.867. The molecule has 2 unspecified atom stereocenters. The van der Waals surface area contributed by atoms with Gasteiger partial charge in [-0.2, -0.15) is 0 Å². The average Bonchev–Trinajstić information content (AvgIpc) is 2.85. The number of likely N-dealkylation sites (N-methyl/N-ethyl adjacent to an activating group) is 2. The molecule has 0 aromatic heterocycles. The summed E-state index contributed by atoms with van der Waals surface area (Å²) in [6, 6.07) is 7.12. The van der Waals surface area contributed by atoms with Gasteiger partial charge in [0.1, 0.15) is 5.82 Å². The van der Waals surface area contributed by atoms with Crippen LogP contribution in [0.15, 0.2) is 24.3 Å². The largest absolute Gasteiger partial charge is 0.323 e. The van der Waals surface area contributed by atoms with Crippen LogP contribution < -0.4 is 5.73 Å². The van der Waals surface area contributed by atoms with E-state index in [0.29, 0.717) is 6.04 Å². The van der Waals surface area contributed by atoms with Crippen LogP contribution in [0.25, 0.3) is 0 Å². The summed E-state index contributed by atoms with van der Waals surface area (Å²) in [5.41, 5.74) is 7.06. The van der Waals surface area contributed by atoms with Crippen molar-refractivity contribution in [2.45, 2.75) is 31.8 Å². The minimum absolute atomic E-state index is 0.132. The highest BCUT2D eigenvalue weighted by Gasteiger charge is 2.24. The SMILES string of the molecule is CCN1CCCC1CN(C)CC(N)c1cccc(F)c1. The summed E-state index contributed by atoms with van der Waals surface area (Å²) in [6.07, 6.45) is 2.57. The van der Waals surface area contributed by atoms with Gasteiger partial charge >= 0.3 is 0 Å². The summed E-state index contributed by atoms with van der Waals surface area (Å²) in [7, 11) is 2.10. The molecule has 20 heavy (non-hydrogen) atoms. The third-order valence-electron chi connectivity index (χ3n) is 4.21. The average molecular weight is 279 g/mol. The lowest BCUT2D eigenvalue weighted by Gasteiger charge is -2.29. The maximum absolute atomic E-state index is 13.2. The Bertz CT molecular complexity index is 424. The molecule has 0 radical (unpaired) electrons. The van der Waals surface area contributed by atoms with Gasteiger partial charge < -0.3 is 10.6 Å². The molecule has 3 nitrogen and oxygen atoms in total. The second-order valence-electron chi connectivity index (χ2n) is 5.81. The number of benzene rings is 1. The van der Waals surface area contributed by atoms with E-state index in [1.807, 2.05) is 6.07 Å². The third-order valence-corrected chi connectivity index (χ3v) is 4.21. The van der Waals surface area contributed by atoms with Gasteiger partial charge in [-0.25, -0.2) is 4.39 Å². The molecule has 2 atom stereocenters. The first-order valence-corrected chi connectivity index (χ1v) is 7.53. The van der Waals surface area contributed by atoms with Crippen molar-refractivity contribution in [2.75, 3.05) is 33.2 Å². The minimum atomic E-state index is -0.214. The van der Waals surface area contributed by atoms with Crippen molar-refractivity contribution < 1.29 is 4.39 Å². The molecule has 2 rings (SSSR count). The second kappa shape index (κ2) is 7.16. The lowest BCUT2D eigenvalue weighted by atomic mass is 10.1. The maximum Gasteiger partial charge on any atom is 0.123 e. The lowest BCUT2D eigenvalue weighted by molar-refractivity contribution is 0.193. The van der Waals surface area contributed by atoms with E-state index in [2.05, 4.69) is 23.8 Å². The molecular weight excluding hydrogens is 253 g/mol. The smallest absolute Gasteiger partial charge is 0.123 e. The normalized spacial score (nSPS) is 21.6. The van der Waals surface area contributed by atoms with Crippen molar-refractivity contribution in [3.8, 4) is 0 Å². The standard InChI is InChI=1S/C16H26FN3/c1-3-20-9-5-8-15(20)11-19(2)12-16(18)13-6-4-7-14(17)10-13/h4,6-7,10,15-16H,3,5,8-9,11-12,18H2,1-2H3. The topological polar surface area (TPSA) is 32.5 Å².